The fraction of sp³-hybridized carbons (Fsp3) is 0.158. The van der Waals surface area contributed by atoms with Gasteiger partial charge in [-0.05, 0) is 56.0 Å². The summed E-state index contributed by atoms with van der Waals surface area (Å²) in [6.07, 6.45) is 1.70. The van der Waals surface area contributed by atoms with Crippen molar-refractivity contribution < 1.29 is 14.3 Å². The number of carbonyl (C=O) groups excluding carboxylic acids is 2. The molecule has 1 heterocycles. The van der Waals surface area contributed by atoms with Crippen LogP contribution < -0.4 is 9.64 Å². The lowest BCUT2D eigenvalue weighted by atomic mass is 10.1. The first kappa shape index (κ1) is 17.6. The minimum Gasteiger partial charge on any atom is -0.490 e. The number of rotatable bonds is 4. The number of hydrogen-bond donors (Lipinski definition) is 0. The second-order valence-corrected chi connectivity index (χ2v) is 7.13. The largest absolute Gasteiger partial charge is 0.490 e. The molecule has 2 aromatic carbocycles. The molecular formula is C19H16ClNO3S. The zero-order chi connectivity index (χ0) is 18.0. The van der Waals surface area contributed by atoms with Crippen LogP contribution in [0.4, 0.5) is 10.5 Å². The molecule has 0 spiro atoms. The molecular weight excluding hydrogens is 358 g/mol. The molecule has 1 saturated heterocycles. The molecule has 0 saturated carbocycles. The SMILES string of the molecule is CC(C)Oc1ccccc1/C=C1/SC(=O)N(c2cccc(Cl)c2)C1=O. The molecule has 4 nitrogen and oxygen atoms in total. The summed E-state index contributed by atoms with van der Waals surface area (Å²) in [7, 11) is 0. The molecule has 25 heavy (non-hydrogen) atoms. The van der Waals surface area contributed by atoms with Gasteiger partial charge in [-0.3, -0.25) is 9.59 Å². The monoisotopic (exact) mass is 373 g/mol. The maximum atomic E-state index is 12.7. The Hall–Kier alpha value is -2.24. The van der Waals surface area contributed by atoms with Gasteiger partial charge in [-0.1, -0.05) is 35.9 Å². The summed E-state index contributed by atoms with van der Waals surface area (Å²) in [5.41, 5.74) is 1.22. The maximum Gasteiger partial charge on any atom is 0.298 e. The van der Waals surface area contributed by atoms with Crippen LogP contribution in [-0.2, 0) is 4.79 Å². The van der Waals surface area contributed by atoms with Gasteiger partial charge in [0, 0.05) is 10.6 Å². The Morgan fingerprint density at radius 2 is 1.88 bits per heavy atom. The van der Waals surface area contributed by atoms with Crippen molar-refractivity contribution in [2.24, 2.45) is 0 Å². The van der Waals surface area contributed by atoms with E-state index >= 15 is 0 Å². The van der Waals surface area contributed by atoms with Crippen LogP contribution in [0, 0.1) is 0 Å². The van der Waals surface area contributed by atoms with Crippen molar-refractivity contribution in [2.75, 3.05) is 4.90 Å². The molecule has 1 aliphatic heterocycles. The van der Waals surface area contributed by atoms with Crippen LogP contribution >= 0.6 is 23.4 Å². The van der Waals surface area contributed by atoms with Crippen LogP contribution in [0.2, 0.25) is 5.02 Å². The van der Waals surface area contributed by atoms with Gasteiger partial charge in [0.2, 0.25) is 0 Å². The lowest BCUT2D eigenvalue weighted by molar-refractivity contribution is -0.113. The van der Waals surface area contributed by atoms with Crippen LogP contribution in [0.25, 0.3) is 6.08 Å². The first-order valence-corrected chi connectivity index (χ1v) is 8.94. The molecule has 3 rings (SSSR count). The van der Waals surface area contributed by atoms with E-state index in [1.54, 1.807) is 30.3 Å². The van der Waals surface area contributed by atoms with Crippen molar-refractivity contribution in [3.63, 3.8) is 0 Å². The van der Waals surface area contributed by atoms with Crippen LogP contribution in [0.3, 0.4) is 0 Å². The molecule has 2 amide bonds. The van der Waals surface area contributed by atoms with E-state index in [2.05, 4.69) is 0 Å². The molecule has 0 atom stereocenters. The highest BCUT2D eigenvalue weighted by atomic mass is 35.5. The molecule has 1 fully saturated rings. The number of anilines is 1. The van der Waals surface area contributed by atoms with Gasteiger partial charge in [0.05, 0.1) is 16.7 Å². The molecule has 0 aliphatic carbocycles. The first-order valence-electron chi connectivity index (χ1n) is 7.75. The van der Waals surface area contributed by atoms with E-state index in [9.17, 15) is 9.59 Å². The third-order valence-corrected chi connectivity index (χ3v) is 4.53. The van der Waals surface area contributed by atoms with Crippen molar-refractivity contribution in [3.8, 4) is 5.75 Å². The van der Waals surface area contributed by atoms with Crippen LogP contribution in [0.1, 0.15) is 19.4 Å². The van der Waals surface area contributed by atoms with E-state index in [0.29, 0.717) is 21.4 Å². The van der Waals surface area contributed by atoms with Crippen molar-refractivity contribution >= 4 is 46.3 Å². The van der Waals surface area contributed by atoms with Gasteiger partial charge in [0.1, 0.15) is 5.75 Å². The predicted molar refractivity (Wildman–Crippen MR) is 102 cm³/mol. The second-order valence-electron chi connectivity index (χ2n) is 5.70. The number of imide groups is 1. The van der Waals surface area contributed by atoms with Crippen molar-refractivity contribution in [1.82, 2.24) is 0 Å². The normalized spacial score (nSPS) is 16.2. The van der Waals surface area contributed by atoms with Gasteiger partial charge in [0.25, 0.3) is 11.1 Å². The fourth-order valence-corrected chi connectivity index (χ4v) is 3.42. The number of ether oxygens (including phenoxy) is 1. The molecule has 128 valence electrons. The average Bonchev–Trinajstić information content (AvgIpc) is 2.83. The summed E-state index contributed by atoms with van der Waals surface area (Å²) >= 11 is 6.87. The van der Waals surface area contributed by atoms with Crippen molar-refractivity contribution in [1.29, 1.82) is 0 Å². The lowest BCUT2D eigenvalue weighted by Gasteiger charge is -2.13. The molecule has 0 radical (unpaired) electrons. The van der Waals surface area contributed by atoms with Gasteiger partial charge in [-0.25, -0.2) is 4.90 Å². The van der Waals surface area contributed by atoms with E-state index in [1.165, 1.54) is 0 Å². The minimum atomic E-state index is -0.364. The molecule has 0 N–H and O–H groups in total. The Bertz CT molecular complexity index is 863. The summed E-state index contributed by atoms with van der Waals surface area (Å²) < 4.78 is 5.76. The van der Waals surface area contributed by atoms with Crippen molar-refractivity contribution in [3.05, 3.63) is 64.0 Å². The number of halogens is 1. The van der Waals surface area contributed by atoms with E-state index in [0.717, 1.165) is 22.2 Å². The Morgan fingerprint density at radius 1 is 1.12 bits per heavy atom. The number of amides is 2. The molecule has 2 aromatic rings. The standard InChI is InChI=1S/C19H16ClNO3S/c1-12(2)24-16-9-4-3-6-13(16)10-17-18(22)21(19(23)25-17)15-8-5-7-14(20)11-15/h3-12H,1-2H3/b17-10+. The zero-order valence-electron chi connectivity index (χ0n) is 13.7. The van der Waals surface area contributed by atoms with Crippen LogP contribution in [0.5, 0.6) is 5.75 Å². The highest BCUT2D eigenvalue weighted by Gasteiger charge is 2.36. The Labute approximate surface area is 155 Å². The van der Waals surface area contributed by atoms with Gasteiger partial charge in [0.15, 0.2) is 0 Å². The van der Waals surface area contributed by atoms with E-state index < -0.39 is 0 Å². The number of carbonyl (C=O) groups is 2. The summed E-state index contributed by atoms with van der Waals surface area (Å²) in [5.74, 6) is 0.309. The third-order valence-electron chi connectivity index (χ3n) is 3.43. The minimum absolute atomic E-state index is 0.0103. The quantitative estimate of drug-likeness (QED) is 0.676. The van der Waals surface area contributed by atoms with Crippen LogP contribution in [-0.4, -0.2) is 17.3 Å². The van der Waals surface area contributed by atoms with E-state index in [1.807, 2.05) is 38.1 Å². The van der Waals surface area contributed by atoms with E-state index in [4.69, 9.17) is 16.3 Å². The molecule has 0 bridgehead atoms. The number of thioether (sulfide) groups is 1. The van der Waals surface area contributed by atoms with Gasteiger partial charge >= 0.3 is 0 Å². The molecule has 0 aromatic heterocycles. The van der Waals surface area contributed by atoms with Crippen LogP contribution in [0.15, 0.2) is 53.4 Å². The van der Waals surface area contributed by atoms with Crippen molar-refractivity contribution in [2.45, 2.75) is 20.0 Å². The number of hydrogen-bond acceptors (Lipinski definition) is 4. The summed E-state index contributed by atoms with van der Waals surface area (Å²) in [6.45, 7) is 3.87. The van der Waals surface area contributed by atoms with Gasteiger partial charge < -0.3 is 4.74 Å². The maximum absolute atomic E-state index is 12.7. The van der Waals surface area contributed by atoms with E-state index in [-0.39, 0.29) is 17.3 Å². The van der Waals surface area contributed by atoms with Gasteiger partial charge in [-0.2, -0.15) is 0 Å². The Balaban J connectivity index is 1.94. The summed E-state index contributed by atoms with van der Waals surface area (Å²) in [4.78, 5) is 26.5. The molecule has 0 unspecified atom stereocenters. The topological polar surface area (TPSA) is 46.6 Å². The third kappa shape index (κ3) is 3.89. The zero-order valence-corrected chi connectivity index (χ0v) is 15.3. The Morgan fingerprint density at radius 3 is 2.60 bits per heavy atom. The molecule has 1 aliphatic rings. The first-order chi connectivity index (χ1) is 12.0. The Kier molecular flexibility index (Phi) is 5.16. The lowest BCUT2D eigenvalue weighted by Crippen LogP contribution is -2.27. The van der Waals surface area contributed by atoms with Gasteiger partial charge in [-0.15, -0.1) is 0 Å². The predicted octanol–water partition coefficient (Wildman–Crippen LogP) is 5.37. The highest BCUT2D eigenvalue weighted by molar-refractivity contribution is 8.19. The molecule has 6 heteroatoms. The summed E-state index contributed by atoms with van der Waals surface area (Å²) in [5, 5.41) is 0.122. The second kappa shape index (κ2) is 7.33. The number of benzene rings is 2. The smallest absolute Gasteiger partial charge is 0.298 e. The number of nitrogens with zero attached hydrogens (tertiary/aromatic N) is 1. The highest BCUT2D eigenvalue weighted by Crippen LogP contribution is 2.37. The average molecular weight is 374 g/mol. The fourth-order valence-electron chi connectivity index (χ4n) is 2.41. The number of para-hydroxylation sites is 1. The summed E-state index contributed by atoms with van der Waals surface area (Å²) in [6, 6.07) is 14.1.